The Hall–Kier alpha value is -1.17. The Morgan fingerprint density at radius 3 is 2.84 bits per heavy atom. The van der Waals surface area contributed by atoms with Gasteiger partial charge in [-0.05, 0) is 36.7 Å². The highest BCUT2D eigenvalue weighted by molar-refractivity contribution is 5.34. The summed E-state index contributed by atoms with van der Waals surface area (Å²) in [6, 6.07) is 4.52. The number of methoxy groups -OCH3 is 1. The number of hydrogen-bond acceptors (Lipinski definition) is 4. The standard InChI is InChI=1S/C14H20FNO3/c1-18-13-3-2-12(15)6-11(13)4-5-16-7-14(8-17)9-19-10-14/h2-3,6,16-17H,4-5,7-10H2,1H3. The molecule has 1 fully saturated rings. The van der Waals surface area contributed by atoms with E-state index in [1.807, 2.05) is 0 Å². The number of rotatable bonds is 7. The molecule has 1 aromatic carbocycles. The molecule has 0 atom stereocenters. The van der Waals surface area contributed by atoms with E-state index in [0.717, 1.165) is 5.56 Å². The first-order valence-corrected chi connectivity index (χ1v) is 6.41. The molecule has 1 aliphatic rings. The zero-order valence-corrected chi connectivity index (χ0v) is 11.1. The van der Waals surface area contributed by atoms with E-state index in [-0.39, 0.29) is 17.8 Å². The normalized spacial score (nSPS) is 17.0. The summed E-state index contributed by atoms with van der Waals surface area (Å²) in [5.74, 6) is 0.446. The Kier molecular flexibility index (Phi) is 4.74. The maximum atomic E-state index is 13.2. The minimum Gasteiger partial charge on any atom is -0.496 e. The van der Waals surface area contributed by atoms with Crippen molar-refractivity contribution in [3.8, 4) is 5.75 Å². The number of benzene rings is 1. The van der Waals surface area contributed by atoms with Crippen LogP contribution < -0.4 is 10.1 Å². The fourth-order valence-corrected chi connectivity index (χ4v) is 2.16. The highest BCUT2D eigenvalue weighted by Gasteiger charge is 2.37. The lowest BCUT2D eigenvalue weighted by molar-refractivity contribution is -0.134. The fraction of sp³-hybridized carbons (Fsp3) is 0.571. The summed E-state index contributed by atoms with van der Waals surface area (Å²) in [4.78, 5) is 0. The molecule has 106 valence electrons. The second-order valence-corrected chi connectivity index (χ2v) is 5.03. The largest absolute Gasteiger partial charge is 0.496 e. The molecule has 5 heteroatoms. The van der Waals surface area contributed by atoms with Gasteiger partial charge in [0.2, 0.25) is 0 Å². The van der Waals surface area contributed by atoms with Crippen LogP contribution in [0, 0.1) is 11.2 Å². The van der Waals surface area contributed by atoms with Crippen molar-refractivity contribution in [2.45, 2.75) is 6.42 Å². The van der Waals surface area contributed by atoms with Crippen LogP contribution in [0.5, 0.6) is 5.75 Å². The van der Waals surface area contributed by atoms with Crippen LogP contribution in [0.4, 0.5) is 4.39 Å². The third kappa shape index (κ3) is 3.43. The lowest BCUT2D eigenvalue weighted by Crippen LogP contribution is -2.52. The Labute approximate surface area is 112 Å². The molecule has 0 unspecified atom stereocenters. The molecule has 0 aromatic heterocycles. The van der Waals surface area contributed by atoms with E-state index in [4.69, 9.17) is 9.47 Å². The van der Waals surface area contributed by atoms with Gasteiger partial charge < -0.3 is 19.9 Å². The molecule has 1 aliphatic heterocycles. The van der Waals surface area contributed by atoms with Gasteiger partial charge in [0.25, 0.3) is 0 Å². The topological polar surface area (TPSA) is 50.7 Å². The molecular weight excluding hydrogens is 249 g/mol. The molecule has 0 aliphatic carbocycles. The van der Waals surface area contributed by atoms with Gasteiger partial charge >= 0.3 is 0 Å². The molecule has 1 saturated heterocycles. The average molecular weight is 269 g/mol. The van der Waals surface area contributed by atoms with Crippen molar-refractivity contribution in [1.82, 2.24) is 5.32 Å². The molecule has 19 heavy (non-hydrogen) atoms. The number of aliphatic hydroxyl groups excluding tert-OH is 1. The van der Waals surface area contributed by atoms with Crippen molar-refractivity contribution in [1.29, 1.82) is 0 Å². The first-order chi connectivity index (χ1) is 9.19. The van der Waals surface area contributed by atoms with Crippen molar-refractivity contribution in [2.24, 2.45) is 5.41 Å². The molecule has 0 amide bonds. The summed E-state index contributed by atoms with van der Waals surface area (Å²) >= 11 is 0. The summed E-state index contributed by atoms with van der Waals surface area (Å²) in [5.41, 5.74) is 0.712. The molecule has 0 spiro atoms. The van der Waals surface area contributed by atoms with Crippen LogP contribution in [0.2, 0.25) is 0 Å². The Balaban J connectivity index is 1.80. The zero-order chi connectivity index (χ0) is 13.7. The van der Waals surface area contributed by atoms with Crippen LogP contribution in [0.1, 0.15) is 5.56 Å². The number of aliphatic hydroxyl groups is 1. The molecule has 2 N–H and O–H groups in total. The molecular formula is C14H20FNO3. The van der Waals surface area contributed by atoms with Crippen LogP contribution >= 0.6 is 0 Å². The van der Waals surface area contributed by atoms with Crippen LogP contribution in [0.25, 0.3) is 0 Å². The lowest BCUT2D eigenvalue weighted by atomic mass is 9.87. The predicted octanol–water partition coefficient (Wildman–Crippen LogP) is 0.975. The summed E-state index contributed by atoms with van der Waals surface area (Å²) in [5, 5.41) is 12.6. The molecule has 4 nitrogen and oxygen atoms in total. The highest BCUT2D eigenvalue weighted by atomic mass is 19.1. The minimum absolute atomic E-state index is 0.128. The number of halogens is 1. The van der Waals surface area contributed by atoms with Crippen LogP contribution in [-0.4, -0.2) is 45.1 Å². The molecule has 0 radical (unpaired) electrons. The smallest absolute Gasteiger partial charge is 0.123 e. The number of nitrogens with one attached hydrogen (secondary N) is 1. The van der Waals surface area contributed by atoms with Gasteiger partial charge in [0, 0.05) is 6.54 Å². The maximum Gasteiger partial charge on any atom is 0.123 e. The van der Waals surface area contributed by atoms with E-state index in [2.05, 4.69) is 5.32 Å². The van der Waals surface area contributed by atoms with Crippen molar-refractivity contribution >= 4 is 0 Å². The average Bonchev–Trinajstić information content (AvgIpc) is 2.37. The predicted molar refractivity (Wildman–Crippen MR) is 69.9 cm³/mol. The lowest BCUT2D eigenvalue weighted by Gasteiger charge is -2.40. The fourth-order valence-electron chi connectivity index (χ4n) is 2.16. The van der Waals surface area contributed by atoms with Gasteiger partial charge in [-0.3, -0.25) is 0 Å². The molecule has 0 saturated carbocycles. The molecule has 1 aromatic rings. The first kappa shape index (κ1) is 14.2. The molecule has 2 rings (SSSR count). The van der Waals surface area contributed by atoms with Gasteiger partial charge in [0.1, 0.15) is 11.6 Å². The summed E-state index contributed by atoms with van der Waals surface area (Å²) in [6.45, 7) is 2.74. The second kappa shape index (κ2) is 6.32. The van der Waals surface area contributed by atoms with Gasteiger partial charge in [-0.25, -0.2) is 4.39 Å². The third-order valence-corrected chi connectivity index (χ3v) is 3.47. The minimum atomic E-state index is -0.255. The number of hydrogen-bond donors (Lipinski definition) is 2. The third-order valence-electron chi connectivity index (χ3n) is 3.47. The van der Waals surface area contributed by atoms with Crippen molar-refractivity contribution in [3.63, 3.8) is 0 Å². The van der Waals surface area contributed by atoms with Crippen LogP contribution in [-0.2, 0) is 11.2 Å². The zero-order valence-electron chi connectivity index (χ0n) is 11.1. The first-order valence-electron chi connectivity index (χ1n) is 6.41. The Morgan fingerprint density at radius 1 is 1.47 bits per heavy atom. The van der Waals surface area contributed by atoms with Gasteiger partial charge in [0.15, 0.2) is 0 Å². The van der Waals surface area contributed by atoms with Crippen molar-refractivity contribution < 1.29 is 19.0 Å². The Bertz CT molecular complexity index is 416. The van der Waals surface area contributed by atoms with E-state index in [1.54, 1.807) is 13.2 Å². The second-order valence-electron chi connectivity index (χ2n) is 5.03. The van der Waals surface area contributed by atoms with Crippen molar-refractivity contribution in [3.05, 3.63) is 29.6 Å². The van der Waals surface area contributed by atoms with E-state index in [9.17, 15) is 9.50 Å². The van der Waals surface area contributed by atoms with Crippen LogP contribution in [0.15, 0.2) is 18.2 Å². The van der Waals surface area contributed by atoms with Crippen molar-refractivity contribution in [2.75, 3.05) is 40.0 Å². The quantitative estimate of drug-likeness (QED) is 0.724. The highest BCUT2D eigenvalue weighted by Crippen LogP contribution is 2.25. The summed E-state index contributed by atoms with van der Waals surface area (Å²) in [6.07, 6.45) is 0.684. The van der Waals surface area contributed by atoms with E-state index in [1.165, 1.54) is 12.1 Å². The monoisotopic (exact) mass is 269 g/mol. The van der Waals surface area contributed by atoms with Crippen LogP contribution in [0.3, 0.4) is 0 Å². The summed E-state index contributed by atoms with van der Waals surface area (Å²) < 4.78 is 23.5. The van der Waals surface area contributed by atoms with Gasteiger partial charge in [-0.15, -0.1) is 0 Å². The van der Waals surface area contributed by atoms with Gasteiger partial charge in [-0.2, -0.15) is 0 Å². The summed E-state index contributed by atoms with van der Waals surface area (Å²) in [7, 11) is 1.58. The molecule has 1 heterocycles. The SMILES string of the molecule is COc1ccc(F)cc1CCNCC1(CO)COC1. The van der Waals surface area contributed by atoms with Gasteiger partial charge in [-0.1, -0.05) is 0 Å². The van der Waals surface area contributed by atoms with Gasteiger partial charge in [0.05, 0.1) is 32.3 Å². The Morgan fingerprint density at radius 2 is 2.26 bits per heavy atom. The maximum absolute atomic E-state index is 13.2. The van der Waals surface area contributed by atoms with E-state index >= 15 is 0 Å². The molecule has 0 bridgehead atoms. The van der Waals surface area contributed by atoms with E-state index in [0.29, 0.717) is 38.5 Å². The number of ether oxygens (including phenoxy) is 2. The van der Waals surface area contributed by atoms with E-state index < -0.39 is 0 Å².